The van der Waals surface area contributed by atoms with E-state index in [9.17, 15) is 0 Å². The predicted molar refractivity (Wildman–Crippen MR) is 72.9 cm³/mol. The third kappa shape index (κ3) is 9.06. The Kier molecular flexibility index (Phi) is 10.0. The molecule has 0 N–H and O–H groups in total. The van der Waals surface area contributed by atoms with Gasteiger partial charge < -0.3 is 13.3 Å². The van der Waals surface area contributed by atoms with Crippen LogP contribution >= 0.6 is 0 Å². The van der Waals surface area contributed by atoms with E-state index in [-0.39, 0.29) is 0 Å². The van der Waals surface area contributed by atoms with Gasteiger partial charge >= 0.3 is 8.80 Å². The van der Waals surface area contributed by atoms with Gasteiger partial charge in [0.1, 0.15) is 0 Å². The average Bonchev–Trinajstić information content (AvgIpc) is 2.33. The molecule has 1 aromatic rings. The van der Waals surface area contributed by atoms with E-state index in [1.165, 1.54) is 0 Å². The smallest absolute Gasteiger partial charge is 0.374 e. The highest BCUT2D eigenvalue weighted by molar-refractivity contribution is 6.59. The van der Waals surface area contributed by atoms with Gasteiger partial charge in [-0.1, -0.05) is 36.4 Å². The van der Waals surface area contributed by atoms with Crippen molar-refractivity contribution >= 4 is 8.80 Å². The van der Waals surface area contributed by atoms with Crippen LogP contribution in [-0.4, -0.2) is 28.6 Å². The van der Waals surface area contributed by atoms with Crippen LogP contribution in [-0.2, 0) is 13.3 Å². The van der Waals surface area contributed by atoms with Crippen LogP contribution in [0.4, 0.5) is 0 Å². The van der Waals surface area contributed by atoms with Gasteiger partial charge in [-0.2, -0.15) is 0 Å². The fourth-order valence-corrected chi connectivity index (χ4v) is 3.12. The summed E-state index contributed by atoms with van der Waals surface area (Å²) in [5.41, 5.74) is 0. The third-order valence-corrected chi connectivity index (χ3v) is 4.33. The van der Waals surface area contributed by atoms with Crippen molar-refractivity contribution < 1.29 is 13.3 Å². The molecule has 0 saturated heterocycles. The molecule has 0 bridgehead atoms. The standard InChI is InChI=1S/C7H18O3Si.C6H6/c1-5-8-11(4,9-6-2)10-7-3;1-2-4-6-5-3-1/h5-7H2,1-4H3;1-6H. The Hall–Kier alpha value is -0.683. The minimum atomic E-state index is -2.25. The number of hydrogen-bond acceptors (Lipinski definition) is 3. The number of benzene rings is 1. The molecular formula is C13H24O3Si. The summed E-state index contributed by atoms with van der Waals surface area (Å²) in [6.45, 7) is 9.73. The molecule has 0 aromatic heterocycles. The molecule has 1 rings (SSSR count). The molecule has 3 nitrogen and oxygen atoms in total. The van der Waals surface area contributed by atoms with Crippen molar-refractivity contribution in [2.75, 3.05) is 19.8 Å². The van der Waals surface area contributed by atoms with Crippen molar-refractivity contribution in [3.63, 3.8) is 0 Å². The Morgan fingerprint density at radius 1 is 0.647 bits per heavy atom. The van der Waals surface area contributed by atoms with Crippen molar-refractivity contribution in [2.45, 2.75) is 27.3 Å². The maximum atomic E-state index is 5.40. The second kappa shape index (κ2) is 10.5. The molecule has 4 heteroatoms. The highest BCUT2D eigenvalue weighted by Crippen LogP contribution is 2.08. The minimum Gasteiger partial charge on any atom is -0.374 e. The Bertz CT molecular complexity index is 210. The van der Waals surface area contributed by atoms with E-state index in [2.05, 4.69) is 0 Å². The summed E-state index contributed by atoms with van der Waals surface area (Å²) in [7, 11) is -2.25. The molecule has 0 unspecified atom stereocenters. The second-order valence-corrected chi connectivity index (χ2v) is 5.91. The van der Waals surface area contributed by atoms with Gasteiger partial charge in [-0.25, -0.2) is 0 Å². The summed E-state index contributed by atoms with van der Waals surface area (Å²) < 4.78 is 16.2. The highest BCUT2D eigenvalue weighted by Gasteiger charge is 2.32. The summed E-state index contributed by atoms with van der Waals surface area (Å²) in [5, 5.41) is 0. The average molecular weight is 256 g/mol. The van der Waals surface area contributed by atoms with Crippen LogP contribution in [0, 0.1) is 0 Å². The molecule has 17 heavy (non-hydrogen) atoms. The SMILES string of the molecule is CCO[Si](C)(OCC)OCC.c1ccccc1. The quantitative estimate of drug-likeness (QED) is 0.731. The lowest BCUT2D eigenvalue weighted by atomic mass is 10.4. The van der Waals surface area contributed by atoms with E-state index in [1.807, 2.05) is 63.7 Å². The van der Waals surface area contributed by atoms with Crippen molar-refractivity contribution in [2.24, 2.45) is 0 Å². The van der Waals surface area contributed by atoms with Gasteiger partial charge in [-0.3, -0.25) is 0 Å². The first-order valence-corrected chi connectivity index (χ1v) is 8.32. The molecule has 0 heterocycles. The van der Waals surface area contributed by atoms with Crippen LogP contribution < -0.4 is 0 Å². The molecule has 0 atom stereocenters. The molecule has 0 amide bonds. The molecule has 0 spiro atoms. The Balaban J connectivity index is 0.000000354. The van der Waals surface area contributed by atoms with Crippen LogP contribution in [0.25, 0.3) is 0 Å². The summed E-state index contributed by atoms with van der Waals surface area (Å²) in [5.74, 6) is 0. The van der Waals surface area contributed by atoms with Gasteiger partial charge in [-0.15, -0.1) is 0 Å². The maximum absolute atomic E-state index is 5.40. The first-order valence-electron chi connectivity index (χ1n) is 6.10. The molecule has 0 aliphatic carbocycles. The number of rotatable bonds is 6. The monoisotopic (exact) mass is 256 g/mol. The number of hydrogen-bond donors (Lipinski definition) is 0. The Labute approximate surface area is 106 Å². The third-order valence-electron chi connectivity index (χ3n) is 1.89. The topological polar surface area (TPSA) is 27.7 Å². The van der Waals surface area contributed by atoms with Crippen LogP contribution in [0.1, 0.15) is 20.8 Å². The van der Waals surface area contributed by atoms with E-state index in [1.54, 1.807) is 0 Å². The lowest BCUT2D eigenvalue weighted by Gasteiger charge is -2.23. The first kappa shape index (κ1) is 16.3. The Morgan fingerprint density at radius 3 is 1.06 bits per heavy atom. The fourth-order valence-electron chi connectivity index (χ4n) is 1.30. The van der Waals surface area contributed by atoms with Crippen LogP contribution in [0.3, 0.4) is 0 Å². The second-order valence-electron chi connectivity index (χ2n) is 3.32. The summed E-state index contributed by atoms with van der Waals surface area (Å²) in [4.78, 5) is 0. The van der Waals surface area contributed by atoms with Crippen LogP contribution in [0.5, 0.6) is 0 Å². The summed E-state index contributed by atoms with van der Waals surface area (Å²) in [6, 6.07) is 12.0. The van der Waals surface area contributed by atoms with E-state index in [4.69, 9.17) is 13.3 Å². The van der Waals surface area contributed by atoms with E-state index in [0.717, 1.165) is 0 Å². The predicted octanol–water partition coefficient (Wildman–Crippen LogP) is 3.35. The maximum Gasteiger partial charge on any atom is 0.497 e. The normalized spacial score (nSPS) is 10.6. The largest absolute Gasteiger partial charge is 0.497 e. The van der Waals surface area contributed by atoms with Crippen molar-refractivity contribution in [1.82, 2.24) is 0 Å². The van der Waals surface area contributed by atoms with Crippen molar-refractivity contribution in [3.05, 3.63) is 36.4 Å². The van der Waals surface area contributed by atoms with Gasteiger partial charge in [0.05, 0.1) is 0 Å². The van der Waals surface area contributed by atoms with E-state index < -0.39 is 8.80 Å². The lowest BCUT2D eigenvalue weighted by Crippen LogP contribution is -2.42. The van der Waals surface area contributed by atoms with Gasteiger partial charge in [0, 0.05) is 26.4 Å². The summed E-state index contributed by atoms with van der Waals surface area (Å²) >= 11 is 0. The molecule has 1 aromatic carbocycles. The first-order chi connectivity index (χ1) is 8.18. The van der Waals surface area contributed by atoms with Crippen LogP contribution in [0.15, 0.2) is 36.4 Å². The molecule has 0 fully saturated rings. The van der Waals surface area contributed by atoms with E-state index in [0.29, 0.717) is 19.8 Å². The van der Waals surface area contributed by atoms with Gasteiger partial charge in [0.25, 0.3) is 0 Å². The van der Waals surface area contributed by atoms with E-state index >= 15 is 0 Å². The summed E-state index contributed by atoms with van der Waals surface area (Å²) in [6.07, 6.45) is 0. The highest BCUT2D eigenvalue weighted by atomic mass is 28.4. The zero-order valence-corrected chi connectivity index (χ0v) is 12.3. The van der Waals surface area contributed by atoms with Crippen molar-refractivity contribution in [3.8, 4) is 0 Å². The Morgan fingerprint density at radius 2 is 0.882 bits per heavy atom. The zero-order chi connectivity index (χ0) is 13.0. The van der Waals surface area contributed by atoms with Crippen molar-refractivity contribution in [1.29, 1.82) is 0 Å². The molecule has 0 radical (unpaired) electrons. The molecule has 0 saturated carbocycles. The lowest BCUT2D eigenvalue weighted by molar-refractivity contribution is 0.0783. The van der Waals surface area contributed by atoms with Crippen LogP contribution in [0.2, 0.25) is 6.55 Å². The zero-order valence-electron chi connectivity index (χ0n) is 11.3. The molecule has 0 aliphatic heterocycles. The molecular weight excluding hydrogens is 232 g/mol. The van der Waals surface area contributed by atoms with Gasteiger partial charge in [0.2, 0.25) is 0 Å². The fraction of sp³-hybridized carbons (Fsp3) is 0.538. The van der Waals surface area contributed by atoms with Gasteiger partial charge in [0.15, 0.2) is 0 Å². The minimum absolute atomic E-state index is 0.655. The van der Waals surface area contributed by atoms with Gasteiger partial charge in [-0.05, 0) is 20.8 Å². The molecule has 0 aliphatic rings. The molecule has 98 valence electrons.